The molecule has 0 spiro atoms. The first-order valence-corrected chi connectivity index (χ1v) is 8.41. The minimum atomic E-state index is -0.353. The van der Waals surface area contributed by atoms with E-state index < -0.39 is 0 Å². The lowest BCUT2D eigenvalue weighted by atomic mass is 10.1. The van der Waals surface area contributed by atoms with E-state index in [2.05, 4.69) is 43.2 Å². The number of hydrogen-bond acceptors (Lipinski definition) is 4. The van der Waals surface area contributed by atoms with Crippen LogP contribution in [0.2, 0.25) is 0 Å². The van der Waals surface area contributed by atoms with E-state index in [1.54, 1.807) is 0 Å². The van der Waals surface area contributed by atoms with Crippen molar-refractivity contribution in [1.29, 1.82) is 0 Å². The Morgan fingerprint density at radius 3 is 2.48 bits per heavy atom. The molecule has 5 nitrogen and oxygen atoms in total. The number of carbonyl (C=O) groups is 1. The lowest BCUT2D eigenvalue weighted by Gasteiger charge is -2.22. The number of rotatable bonds is 7. The lowest BCUT2D eigenvalue weighted by molar-refractivity contribution is -0.132. The van der Waals surface area contributed by atoms with E-state index in [-0.39, 0.29) is 42.9 Å². The van der Waals surface area contributed by atoms with Gasteiger partial charge in [0.1, 0.15) is 6.10 Å². The highest BCUT2D eigenvalue weighted by molar-refractivity contribution is 5.85. The van der Waals surface area contributed by atoms with Crippen LogP contribution in [0.4, 0.5) is 0 Å². The van der Waals surface area contributed by atoms with E-state index >= 15 is 0 Å². The normalized spacial score (nSPS) is 19.4. The summed E-state index contributed by atoms with van der Waals surface area (Å²) in [5.41, 5.74) is 7.99. The van der Waals surface area contributed by atoms with Crippen molar-refractivity contribution in [3.63, 3.8) is 0 Å². The second kappa shape index (κ2) is 11.7. The van der Waals surface area contributed by atoms with Crippen molar-refractivity contribution < 1.29 is 9.53 Å². The van der Waals surface area contributed by atoms with Crippen LogP contribution >= 0.6 is 24.8 Å². The van der Waals surface area contributed by atoms with E-state index in [0.717, 1.165) is 24.9 Å². The maximum Gasteiger partial charge on any atom is 0.249 e. The Hall–Kier alpha value is -0.850. The van der Waals surface area contributed by atoms with Crippen LogP contribution in [0.5, 0.6) is 0 Å². The molecule has 25 heavy (non-hydrogen) atoms. The number of benzene rings is 1. The molecule has 2 atom stereocenters. The van der Waals surface area contributed by atoms with Crippen LogP contribution in [0, 0.1) is 0 Å². The smallest absolute Gasteiger partial charge is 0.249 e. The molecular formula is C18H31Cl2N3O2. The summed E-state index contributed by atoms with van der Waals surface area (Å²) in [6.45, 7) is 6.24. The molecule has 0 radical (unpaired) electrons. The van der Waals surface area contributed by atoms with Gasteiger partial charge in [-0.05, 0) is 44.9 Å². The second-order valence-corrected chi connectivity index (χ2v) is 6.56. The summed E-state index contributed by atoms with van der Waals surface area (Å²) in [6.07, 6.45) is 1.29. The van der Waals surface area contributed by atoms with Gasteiger partial charge in [-0.25, -0.2) is 0 Å². The van der Waals surface area contributed by atoms with Gasteiger partial charge in [-0.3, -0.25) is 9.69 Å². The van der Waals surface area contributed by atoms with Gasteiger partial charge in [0, 0.05) is 25.7 Å². The van der Waals surface area contributed by atoms with Crippen molar-refractivity contribution in [2.75, 3.05) is 13.6 Å². The number of carbonyl (C=O) groups excluding carboxylic acids is 1. The number of amides is 1. The molecule has 1 fully saturated rings. The molecule has 0 aliphatic carbocycles. The third kappa shape index (κ3) is 7.12. The molecule has 0 bridgehead atoms. The van der Waals surface area contributed by atoms with Gasteiger partial charge in [-0.2, -0.15) is 0 Å². The van der Waals surface area contributed by atoms with Gasteiger partial charge in [0.05, 0.1) is 6.10 Å². The third-order valence-electron chi connectivity index (χ3n) is 4.54. The van der Waals surface area contributed by atoms with Gasteiger partial charge in [0.2, 0.25) is 5.91 Å². The fraction of sp³-hybridized carbons (Fsp3) is 0.611. The highest BCUT2D eigenvalue weighted by Gasteiger charge is 2.29. The Morgan fingerprint density at radius 1 is 1.28 bits per heavy atom. The average molecular weight is 392 g/mol. The van der Waals surface area contributed by atoms with Gasteiger partial charge < -0.3 is 15.8 Å². The fourth-order valence-electron chi connectivity index (χ4n) is 2.70. The number of nitrogens with one attached hydrogen (secondary N) is 1. The second-order valence-electron chi connectivity index (χ2n) is 6.56. The highest BCUT2D eigenvalue weighted by atomic mass is 35.5. The molecule has 1 aromatic carbocycles. The lowest BCUT2D eigenvalue weighted by Crippen LogP contribution is -2.35. The number of hydrogen-bond donors (Lipinski definition) is 2. The number of nitrogens with zero attached hydrogens (tertiary/aromatic N) is 1. The summed E-state index contributed by atoms with van der Waals surface area (Å²) in [4.78, 5) is 14.5. The van der Waals surface area contributed by atoms with Crippen molar-refractivity contribution in [1.82, 2.24) is 10.2 Å². The summed E-state index contributed by atoms with van der Waals surface area (Å²) in [6, 6.07) is 8.73. The van der Waals surface area contributed by atoms with E-state index in [0.29, 0.717) is 19.1 Å². The number of ether oxygens (including phenoxy) is 1. The Bertz CT molecular complexity index is 529. The maximum atomic E-state index is 12.2. The molecule has 2 rings (SSSR count). The molecule has 0 unspecified atom stereocenters. The Labute approximate surface area is 163 Å². The van der Waals surface area contributed by atoms with Gasteiger partial charge in [-0.1, -0.05) is 24.3 Å². The Morgan fingerprint density at radius 2 is 1.92 bits per heavy atom. The minimum Gasteiger partial charge on any atom is -0.364 e. The largest absolute Gasteiger partial charge is 0.364 e. The maximum absolute atomic E-state index is 12.2. The van der Waals surface area contributed by atoms with Crippen LogP contribution in [0.15, 0.2) is 24.3 Å². The molecular weight excluding hydrogens is 361 g/mol. The predicted octanol–water partition coefficient (Wildman–Crippen LogP) is 2.49. The van der Waals surface area contributed by atoms with Gasteiger partial charge in [0.25, 0.3) is 0 Å². The molecule has 144 valence electrons. The zero-order chi connectivity index (χ0) is 16.8. The molecule has 1 aromatic rings. The first-order chi connectivity index (χ1) is 11.0. The molecule has 0 aromatic heterocycles. The van der Waals surface area contributed by atoms with Crippen LogP contribution in [-0.2, 0) is 22.6 Å². The monoisotopic (exact) mass is 391 g/mol. The van der Waals surface area contributed by atoms with Crippen molar-refractivity contribution >= 4 is 30.7 Å². The van der Waals surface area contributed by atoms with Crippen LogP contribution in [0.25, 0.3) is 0 Å². The third-order valence-corrected chi connectivity index (χ3v) is 4.54. The molecule has 7 heteroatoms. The first kappa shape index (κ1) is 24.1. The van der Waals surface area contributed by atoms with E-state index in [9.17, 15) is 4.79 Å². The van der Waals surface area contributed by atoms with Gasteiger partial charge in [-0.15, -0.1) is 24.8 Å². The summed E-state index contributed by atoms with van der Waals surface area (Å²) in [7, 11) is 2.11. The quantitative estimate of drug-likeness (QED) is 0.748. The number of halogens is 2. The van der Waals surface area contributed by atoms with Crippen molar-refractivity contribution in [3.8, 4) is 0 Å². The molecule has 1 aliphatic heterocycles. The first-order valence-electron chi connectivity index (χ1n) is 8.41. The molecule has 1 amide bonds. The number of nitrogens with two attached hydrogens (primary N) is 1. The molecule has 3 N–H and O–H groups in total. The standard InChI is InChI=1S/C18H29N3O2.2ClH/c1-13(2)21(3)12-15-7-5-4-6-14(15)11-20-18(22)17-9-8-16(10-19)23-17;;/h4-7,13,16-17H,8-12,19H2,1-3H3,(H,20,22);2*1H/t16-,17+;;/m1../s1. The van der Waals surface area contributed by atoms with E-state index in [1.165, 1.54) is 5.56 Å². The average Bonchev–Trinajstić information content (AvgIpc) is 3.02. The topological polar surface area (TPSA) is 67.6 Å². The van der Waals surface area contributed by atoms with Gasteiger partial charge in [0.15, 0.2) is 0 Å². The zero-order valence-electron chi connectivity index (χ0n) is 15.2. The molecule has 1 heterocycles. The molecule has 1 saturated heterocycles. The van der Waals surface area contributed by atoms with Crippen LogP contribution < -0.4 is 11.1 Å². The summed E-state index contributed by atoms with van der Waals surface area (Å²) >= 11 is 0. The summed E-state index contributed by atoms with van der Waals surface area (Å²) < 4.78 is 5.64. The van der Waals surface area contributed by atoms with Crippen LogP contribution in [0.3, 0.4) is 0 Å². The van der Waals surface area contributed by atoms with Gasteiger partial charge >= 0.3 is 0 Å². The molecule has 0 saturated carbocycles. The highest BCUT2D eigenvalue weighted by Crippen LogP contribution is 2.19. The van der Waals surface area contributed by atoms with Crippen LogP contribution in [-0.4, -0.2) is 42.6 Å². The fourth-order valence-corrected chi connectivity index (χ4v) is 2.70. The summed E-state index contributed by atoms with van der Waals surface area (Å²) in [5.74, 6) is -0.0343. The predicted molar refractivity (Wildman–Crippen MR) is 106 cm³/mol. The minimum absolute atomic E-state index is 0. The Kier molecular flexibility index (Phi) is 11.3. The zero-order valence-corrected chi connectivity index (χ0v) is 16.9. The van der Waals surface area contributed by atoms with Crippen molar-refractivity contribution in [3.05, 3.63) is 35.4 Å². The summed E-state index contributed by atoms with van der Waals surface area (Å²) in [5, 5.41) is 3.01. The van der Waals surface area contributed by atoms with Crippen LogP contribution in [0.1, 0.15) is 37.8 Å². The van der Waals surface area contributed by atoms with Crippen molar-refractivity contribution in [2.45, 2.75) is 58.0 Å². The van der Waals surface area contributed by atoms with E-state index in [1.807, 2.05) is 12.1 Å². The molecule has 1 aliphatic rings. The Balaban J connectivity index is 0.00000288. The van der Waals surface area contributed by atoms with Crippen molar-refractivity contribution in [2.24, 2.45) is 5.73 Å². The SMILES string of the molecule is CC(C)N(C)Cc1ccccc1CNC(=O)[C@@H]1CC[C@H](CN)O1.Cl.Cl. The van der Waals surface area contributed by atoms with E-state index in [4.69, 9.17) is 10.5 Å².